The van der Waals surface area contributed by atoms with Crippen molar-refractivity contribution in [1.82, 2.24) is 4.98 Å². The van der Waals surface area contributed by atoms with Gasteiger partial charge >= 0.3 is 0 Å². The lowest BCUT2D eigenvalue weighted by molar-refractivity contribution is 0.102. The molecular weight excluding hydrogens is 320 g/mol. The minimum Gasteiger partial charge on any atom is -0.496 e. The van der Waals surface area contributed by atoms with Gasteiger partial charge in [-0.2, -0.15) is 0 Å². The Kier molecular flexibility index (Phi) is 4.91. The molecule has 2 aromatic carbocycles. The molecule has 1 N–H and O–H groups in total. The highest BCUT2D eigenvalue weighted by molar-refractivity contribution is 7.15. The Balaban J connectivity index is 1.69. The lowest BCUT2D eigenvalue weighted by atomic mass is 10.1. The number of carbonyl (C=O) groups excluding carboxylic acids is 1. The molecule has 0 unspecified atom stereocenters. The van der Waals surface area contributed by atoms with E-state index in [0.29, 0.717) is 16.4 Å². The molecule has 0 saturated carbocycles. The number of methoxy groups -OCH3 is 1. The van der Waals surface area contributed by atoms with Crippen LogP contribution in [0, 0.1) is 6.92 Å². The predicted octanol–water partition coefficient (Wildman–Crippen LogP) is 4.30. The summed E-state index contributed by atoms with van der Waals surface area (Å²) in [6.45, 7) is 1.94. The first kappa shape index (κ1) is 16.2. The van der Waals surface area contributed by atoms with Gasteiger partial charge in [0.1, 0.15) is 5.75 Å². The van der Waals surface area contributed by atoms with Crippen LogP contribution in [-0.4, -0.2) is 18.0 Å². The fraction of sp³-hybridized carbons (Fsp3) is 0.158. The Morgan fingerprint density at radius 2 is 2.00 bits per heavy atom. The van der Waals surface area contributed by atoms with Gasteiger partial charge in [-0.05, 0) is 30.2 Å². The standard InChI is InChI=1S/C19H18N2O2S/c1-13-8-9-15(11-17(13)23-2)18(22)21-19-20-12-16(24-19)10-14-6-4-3-5-7-14/h3-9,11-12H,10H2,1-2H3,(H,20,21,22). The Morgan fingerprint density at radius 3 is 2.75 bits per heavy atom. The molecule has 4 nitrogen and oxygen atoms in total. The van der Waals surface area contributed by atoms with Crippen LogP contribution in [0.5, 0.6) is 5.75 Å². The van der Waals surface area contributed by atoms with Gasteiger partial charge in [-0.15, -0.1) is 11.3 Å². The van der Waals surface area contributed by atoms with Crippen LogP contribution < -0.4 is 10.1 Å². The Bertz CT molecular complexity index is 844. The zero-order valence-corrected chi connectivity index (χ0v) is 14.4. The molecule has 0 bridgehead atoms. The van der Waals surface area contributed by atoms with Crippen molar-refractivity contribution in [3.63, 3.8) is 0 Å². The van der Waals surface area contributed by atoms with Crippen molar-refractivity contribution in [2.45, 2.75) is 13.3 Å². The molecule has 5 heteroatoms. The number of benzene rings is 2. The topological polar surface area (TPSA) is 51.2 Å². The summed E-state index contributed by atoms with van der Waals surface area (Å²) in [7, 11) is 1.60. The van der Waals surface area contributed by atoms with Crippen LogP contribution in [0.3, 0.4) is 0 Å². The number of amides is 1. The van der Waals surface area contributed by atoms with Crippen molar-refractivity contribution >= 4 is 22.4 Å². The third kappa shape index (κ3) is 3.81. The van der Waals surface area contributed by atoms with Gasteiger partial charge in [0.05, 0.1) is 7.11 Å². The number of rotatable bonds is 5. The maximum Gasteiger partial charge on any atom is 0.257 e. The highest BCUT2D eigenvalue weighted by Gasteiger charge is 2.11. The second-order valence-corrected chi connectivity index (χ2v) is 6.55. The van der Waals surface area contributed by atoms with Crippen LogP contribution >= 0.6 is 11.3 Å². The van der Waals surface area contributed by atoms with E-state index < -0.39 is 0 Å². The van der Waals surface area contributed by atoms with E-state index >= 15 is 0 Å². The van der Waals surface area contributed by atoms with E-state index in [1.54, 1.807) is 19.2 Å². The summed E-state index contributed by atoms with van der Waals surface area (Å²) in [6, 6.07) is 15.6. The van der Waals surface area contributed by atoms with Crippen molar-refractivity contribution in [3.05, 3.63) is 76.3 Å². The Morgan fingerprint density at radius 1 is 1.21 bits per heavy atom. The molecule has 122 valence electrons. The summed E-state index contributed by atoms with van der Waals surface area (Å²) < 4.78 is 5.26. The van der Waals surface area contributed by atoms with Gasteiger partial charge in [0.25, 0.3) is 5.91 Å². The average molecular weight is 338 g/mol. The number of aromatic nitrogens is 1. The van der Waals surface area contributed by atoms with Crippen molar-refractivity contribution < 1.29 is 9.53 Å². The molecule has 24 heavy (non-hydrogen) atoms. The molecule has 0 saturated heterocycles. The number of anilines is 1. The molecule has 0 fully saturated rings. The summed E-state index contributed by atoms with van der Waals surface area (Å²) in [6.07, 6.45) is 2.62. The number of hydrogen-bond acceptors (Lipinski definition) is 4. The van der Waals surface area contributed by atoms with Gasteiger partial charge < -0.3 is 4.74 Å². The van der Waals surface area contributed by atoms with Crippen LogP contribution in [0.25, 0.3) is 0 Å². The van der Waals surface area contributed by atoms with Crippen LogP contribution in [0.1, 0.15) is 26.4 Å². The number of aryl methyl sites for hydroxylation is 1. The highest BCUT2D eigenvalue weighted by atomic mass is 32.1. The molecule has 0 aliphatic heterocycles. The van der Waals surface area contributed by atoms with Gasteiger partial charge in [0.15, 0.2) is 5.13 Å². The summed E-state index contributed by atoms with van der Waals surface area (Å²) in [5, 5.41) is 3.45. The number of hydrogen-bond donors (Lipinski definition) is 1. The number of carbonyl (C=O) groups is 1. The summed E-state index contributed by atoms with van der Waals surface area (Å²) in [4.78, 5) is 17.8. The molecule has 0 spiro atoms. The molecule has 3 aromatic rings. The van der Waals surface area contributed by atoms with Crippen molar-refractivity contribution in [1.29, 1.82) is 0 Å². The van der Waals surface area contributed by atoms with E-state index in [-0.39, 0.29) is 5.91 Å². The van der Waals surface area contributed by atoms with Crippen LogP contribution in [0.15, 0.2) is 54.7 Å². The zero-order valence-electron chi connectivity index (χ0n) is 13.6. The van der Waals surface area contributed by atoms with E-state index in [2.05, 4.69) is 22.4 Å². The number of nitrogens with one attached hydrogen (secondary N) is 1. The second kappa shape index (κ2) is 7.27. The molecule has 3 rings (SSSR count). The number of nitrogens with zero attached hydrogens (tertiary/aromatic N) is 1. The Hall–Kier alpha value is -2.66. The lowest BCUT2D eigenvalue weighted by Gasteiger charge is -2.07. The molecule has 0 aliphatic rings. The maximum absolute atomic E-state index is 12.4. The molecule has 0 aliphatic carbocycles. The Labute approximate surface area is 145 Å². The molecule has 0 radical (unpaired) electrons. The first-order valence-electron chi connectivity index (χ1n) is 7.60. The first-order chi connectivity index (χ1) is 11.7. The SMILES string of the molecule is COc1cc(C(=O)Nc2ncc(Cc3ccccc3)s2)ccc1C. The predicted molar refractivity (Wildman–Crippen MR) is 97.0 cm³/mol. The fourth-order valence-corrected chi connectivity index (χ4v) is 3.22. The smallest absolute Gasteiger partial charge is 0.257 e. The summed E-state index contributed by atoms with van der Waals surface area (Å²) in [5.74, 6) is 0.514. The van der Waals surface area contributed by atoms with Crippen LogP contribution in [0.2, 0.25) is 0 Å². The summed E-state index contributed by atoms with van der Waals surface area (Å²) >= 11 is 1.49. The van der Waals surface area contributed by atoms with Gasteiger partial charge in [0.2, 0.25) is 0 Å². The molecule has 1 heterocycles. The van der Waals surface area contributed by atoms with Crippen molar-refractivity contribution in [2.24, 2.45) is 0 Å². The number of thiazole rings is 1. The third-order valence-corrected chi connectivity index (χ3v) is 4.58. The fourth-order valence-electron chi connectivity index (χ4n) is 2.37. The largest absolute Gasteiger partial charge is 0.496 e. The average Bonchev–Trinajstić information content (AvgIpc) is 3.03. The van der Waals surface area contributed by atoms with E-state index in [1.807, 2.05) is 37.4 Å². The molecule has 0 atom stereocenters. The highest BCUT2D eigenvalue weighted by Crippen LogP contribution is 2.23. The van der Waals surface area contributed by atoms with E-state index in [4.69, 9.17) is 4.74 Å². The van der Waals surface area contributed by atoms with Crippen LogP contribution in [0.4, 0.5) is 5.13 Å². The lowest BCUT2D eigenvalue weighted by Crippen LogP contribution is -2.11. The van der Waals surface area contributed by atoms with Gasteiger partial charge in [-0.3, -0.25) is 10.1 Å². The van der Waals surface area contributed by atoms with E-state index in [9.17, 15) is 4.79 Å². The monoisotopic (exact) mass is 338 g/mol. The van der Waals surface area contributed by atoms with Gasteiger partial charge in [0, 0.05) is 23.1 Å². The molecule has 1 amide bonds. The number of ether oxygens (including phenoxy) is 1. The van der Waals surface area contributed by atoms with Gasteiger partial charge in [-0.1, -0.05) is 36.4 Å². The minimum absolute atomic E-state index is 0.186. The van der Waals surface area contributed by atoms with Crippen molar-refractivity contribution in [2.75, 3.05) is 12.4 Å². The quantitative estimate of drug-likeness (QED) is 0.754. The minimum atomic E-state index is -0.186. The van der Waals surface area contributed by atoms with E-state index in [1.165, 1.54) is 16.9 Å². The summed E-state index contributed by atoms with van der Waals surface area (Å²) in [5.41, 5.74) is 2.77. The third-order valence-electron chi connectivity index (χ3n) is 3.67. The zero-order chi connectivity index (χ0) is 16.9. The maximum atomic E-state index is 12.4. The first-order valence-corrected chi connectivity index (χ1v) is 8.42. The molecule has 1 aromatic heterocycles. The van der Waals surface area contributed by atoms with Crippen molar-refractivity contribution in [3.8, 4) is 5.75 Å². The molecular formula is C19H18N2O2S. The van der Waals surface area contributed by atoms with E-state index in [0.717, 1.165) is 16.9 Å². The van der Waals surface area contributed by atoms with Gasteiger partial charge in [-0.25, -0.2) is 4.98 Å². The normalized spacial score (nSPS) is 10.4. The second-order valence-electron chi connectivity index (χ2n) is 5.43. The van der Waals surface area contributed by atoms with Crippen LogP contribution in [-0.2, 0) is 6.42 Å².